The van der Waals surface area contributed by atoms with Gasteiger partial charge in [0.1, 0.15) is 22.3 Å². The van der Waals surface area contributed by atoms with E-state index in [1.54, 1.807) is 0 Å². The molecule has 0 saturated heterocycles. The summed E-state index contributed by atoms with van der Waals surface area (Å²) in [5.74, 6) is 1.67. The van der Waals surface area contributed by atoms with Crippen molar-refractivity contribution in [3.63, 3.8) is 0 Å². The molecule has 76 heavy (non-hydrogen) atoms. The Kier molecular flexibility index (Phi) is 9.20. The molecular formula is C69H41N5O2. The molecule has 0 N–H and O–H groups in total. The van der Waals surface area contributed by atoms with Crippen LogP contribution in [0.5, 0.6) is 0 Å². The van der Waals surface area contributed by atoms with E-state index in [9.17, 15) is 0 Å². The van der Waals surface area contributed by atoms with Gasteiger partial charge in [-0.05, 0) is 89.5 Å². The third-order valence-corrected chi connectivity index (χ3v) is 15.2. The summed E-state index contributed by atoms with van der Waals surface area (Å²) in [7, 11) is 0. The van der Waals surface area contributed by atoms with Gasteiger partial charge in [0.15, 0.2) is 17.5 Å². The number of aromatic nitrogens is 5. The van der Waals surface area contributed by atoms with Crippen molar-refractivity contribution in [2.75, 3.05) is 0 Å². The van der Waals surface area contributed by atoms with Crippen LogP contribution in [0.4, 0.5) is 0 Å². The average molecular weight is 972 g/mol. The van der Waals surface area contributed by atoms with E-state index in [0.29, 0.717) is 17.5 Å². The molecule has 0 aliphatic carbocycles. The summed E-state index contributed by atoms with van der Waals surface area (Å²) in [6.07, 6.45) is 0. The summed E-state index contributed by atoms with van der Waals surface area (Å²) in [6, 6.07) is 87.4. The highest BCUT2D eigenvalue weighted by Gasteiger charge is 2.24. The van der Waals surface area contributed by atoms with Gasteiger partial charge < -0.3 is 18.0 Å². The van der Waals surface area contributed by atoms with E-state index in [0.717, 1.165) is 105 Å². The number of nitrogens with zero attached hydrogens (tertiary/aromatic N) is 5. The Bertz CT molecular complexity index is 4980. The lowest BCUT2D eigenvalue weighted by Crippen LogP contribution is -2.00. The van der Waals surface area contributed by atoms with Crippen LogP contribution < -0.4 is 0 Å². The smallest absolute Gasteiger partial charge is 0.164 e. The van der Waals surface area contributed by atoms with Crippen molar-refractivity contribution >= 4 is 87.5 Å². The van der Waals surface area contributed by atoms with E-state index < -0.39 is 0 Å². The minimum absolute atomic E-state index is 0.546. The molecule has 16 rings (SSSR count). The molecule has 7 nitrogen and oxygen atoms in total. The summed E-state index contributed by atoms with van der Waals surface area (Å²) in [4.78, 5) is 15.6. The van der Waals surface area contributed by atoms with Crippen molar-refractivity contribution in [2.45, 2.75) is 0 Å². The van der Waals surface area contributed by atoms with Crippen LogP contribution in [0.2, 0.25) is 0 Å². The van der Waals surface area contributed by atoms with Crippen molar-refractivity contribution in [2.24, 2.45) is 0 Å². The third-order valence-electron chi connectivity index (χ3n) is 15.2. The van der Waals surface area contributed by atoms with Gasteiger partial charge in [-0.2, -0.15) is 0 Å². The molecule has 7 heteroatoms. The van der Waals surface area contributed by atoms with Crippen molar-refractivity contribution in [1.29, 1.82) is 0 Å². The maximum atomic E-state index is 6.70. The lowest BCUT2D eigenvalue weighted by molar-refractivity contribution is 0.669. The molecule has 0 radical (unpaired) electrons. The number of fused-ring (bicyclic) bond motifs is 13. The zero-order valence-electron chi connectivity index (χ0n) is 40.7. The number of hydrogen-bond donors (Lipinski definition) is 0. The van der Waals surface area contributed by atoms with Crippen molar-refractivity contribution in [1.82, 2.24) is 24.1 Å². The standard InChI is InChI=1S/C69H41N5O2/c1-5-17-42(18-6-1)49-26-15-27-54-51-34-31-46(41-62(51)76-66(49)54)68-70-67(43-19-7-2-8-20-43)71-69(72-68)55-28-16-30-61-63(55)57-40-45(33-38-60(57)75-61)44-32-37-59-56(39-44)53-36-35-52-50-25-13-14-29-58(50)73(47-21-9-3-10-22-47)64(52)65(53)74(59)48-23-11-4-12-24-48/h1-41H. The lowest BCUT2D eigenvalue weighted by Gasteiger charge is -2.12. The molecule has 0 amide bonds. The van der Waals surface area contributed by atoms with Crippen LogP contribution in [0.1, 0.15) is 0 Å². The van der Waals surface area contributed by atoms with E-state index in [1.165, 1.54) is 32.6 Å². The fourth-order valence-electron chi connectivity index (χ4n) is 11.7. The molecule has 0 unspecified atom stereocenters. The molecule has 0 spiro atoms. The van der Waals surface area contributed by atoms with E-state index >= 15 is 0 Å². The second-order valence-corrected chi connectivity index (χ2v) is 19.5. The van der Waals surface area contributed by atoms with Crippen LogP contribution in [-0.2, 0) is 0 Å². The maximum absolute atomic E-state index is 6.70. The molecular weight excluding hydrogens is 931 g/mol. The van der Waals surface area contributed by atoms with Gasteiger partial charge in [0.2, 0.25) is 0 Å². The van der Waals surface area contributed by atoms with Crippen molar-refractivity contribution in [3.05, 3.63) is 249 Å². The quantitative estimate of drug-likeness (QED) is 0.159. The number of furan rings is 2. The zero-order valence-corrected chi connectivity index (χ0v) is 40.7. The van der Waals surface area contributed by atoms with Crippen LogP contribution in [0.15, 0.2) is 258 Å². The summed E-state index contributed by atoms with van der Waals surface area (Å²) >= 11 is 0. The Morgan fingerprint density at radius 3 is 1.55 bits per heavy atom. The van der Waals surface area contributed by atoms with Crippen LogP contribution in [0.3, 0.4) is 0 Å². The number of para-hydroxylation sites is 4. The highest BCUT2D eigenvalue weighted by Crippen LogP contribution is 2.45. The molecule has 0 aliphatic heterocycles. The Morgan fingerprint density at radius 1 is 0.276 bits per heavy atom. The fourth-order valence-corrected chi connectivity index (χ4v) is 11.7. The topological polar surface area (TPSA) is 74.8 Å². The van der Waals surface area contributed by atoms with E-state index in [-0.39, 0.29) is 0 Å². The third kappa shape index (κ3) is 6.46. The van der Waals surface area contributed by atoms with Crippen LogP contribution in [0.25, 0.3) is 155 Å². The van der Waals surface area contributed by atoms with Gasteiger partial charge in [-0.15, -0.1) is 0 Å². The van der Waals surface area contributed by atoms with E-state index in [1.807, 2.05) is 48.5 Å². The lowest BCUT2D eigenvalue weighted by atomic mass is 9.99. The van der Waals surface area contributed by atoms with Gasteiger partial charge in [0.25, 0.3) is 0 Å². The molecule has 5 aromatic heterocycles. The average Bonchev–Trinajstić information content (AvgIpc) is 4.28. The second-order valence-electron chi connectivity index (χ2n) is 19.5. The predicted molar refractivity (Wildman–Crippen MR) is 310 cm³/mol. The maximum Gasteiger partial charge on any atom is 0.164 e. The van der Waals surface area contributed by atoms with Crippen LogP contribution in [-0.4, -0.2) is 24.1 Å². The van der Waals surface area contributed by atoms with Crippen molar-refractivity contribution in [3.8, 4) is 67.8 Å². The Morgan fingerprint density at radius 2 is 0.816 bits per heavy atom. The first-order chi connectivity index (χ1) is 37.7. The first kappa shape index (κ1) is 42.2. The van der Waals surface area contributed by atoms with Gasteiger partial charge in [0.05, 0.1) is 22.1 Å². The van der Waals surface area contributed by atoms with E-state index in [2.05, 4.69) is 209 Å². The summed E-state index contributed by atoms with van der Waals surface area (Å²) in [6.45, 7) is 0. The molecule has 0 aliphatic rings. The highest BCUT2D eigenvalue weighted by molar-refractivity contribution is 6.24. The molecule has 11 aromatic carbocycles. The van der Waals surface area contributed by atoms with Crippen molar-refractivity contribution < 1.29 is 8.83 Å². The van der Waals surface area contributed by atoms with Gasteiger partial charge in [-0.3, -0.25) is 0 Å². The zero-order chi connectivity index (χ0) is 49.8. The summed E-state index contributed by atoms with van der Waals surface area (Å²) < 4.78 is 18.2. The molecule has 16 aromatic rings. The molecule has 5 heterocycles. The number of rotatable bonds is 7. The second kappa shape index (κ2) is 16.6. The fraction of sp³-hybridized carbons (Fsp3) is 0. The molecule has 0 bridgehead atoms. The van der Waals surface area contributed by atoms with Gasteiger partial charge in [-0.1, -0.05) is 176 Å². The van der Waals surface area contributed by atoms with Gasteiger partial charge in [0, 0.05) is 76.7 Å². The minimum Gasteiger partial charge on any atom is -0.456 e. The molecule has 0 fully saturated rings. The molecule has 0 saturated carbocycles. The number of benzene rings is 11. The first-order valence-corrected chi connectivity index (χ1v) is 25.6. The number of hydrogen-bond acceptors (Lipinski definition) is 5. The highest BCUT2D eigenvalue weighted by atomic mass is 16.3. The first-order valence-electron chi connectivity index (χ1n) is 25.6. The Balaban J connectivity index is 0.872. The summed E-state index contributed by atoms with van der Waals surface area (Å²) in [5.41, 5.74) is 16.9. The van der Waals surface area contributed by atoms with Gasteiger partial charge >= 0.3 is 0 Å². The van der Waals surface area contributed by atoms with E-state index in [4.69, 9.17) is 23.8 Å². The Labute approximate surface area is 434 Å². The molecule has 0 atom stereocenters. The normalized spacial score (nSPS) is 11.9. The SMILES string of the molecule is c1ccc(-c2nc(-c3ccc4c(c3)oc3c(-c5ccccc5)cccc34)nc(-c3cccc4oc5ccc(-c6ccc7c(c6)c6ccc8c9ccccc9n(-c9ccccc9)c8c6n7-c6ccccc6)cc5c34)n2)cc1. The molecule has 354 valence electrons. The predicted octanol–water partition coefficient (Wildman–Crippen LogP) is 18.2. The minimum atomic E-state index is 0.546. The Hall–Kier alpha value is -10.4. The van der Waals surface area contributed by atoms with Crippen LogP contribution in [0, 0.1) is 0 Å². The van der Waals surface area contributed by atoms with Gasteiger partial charge in [-0.25, -0.2) is 15.0 Å². The van der Waals surface area contributed by atoms with Crippen LogP contribution >= 0.6 is 0 Å². The summed E-state index contributed by atoms with van der Waals surface area (Å²) in [5, 5.41) is 8.80. The monoisotopic (exact) mass is 971 g/mol. The largest absolute Gasteiger partial charge is 0.456 e.